The number of halogens is 1. The molecule has 4 saturated carbocycles. The first-order valence-electron chi connectivity index (χ1n) is 11.1. The number of amides is 1. The van der Waals surface area contributed by atoms with E-state index < -0.39 is 0 Å². The number of piperazine rings is 1. The van der Waals surface area contributed by atoms with Crippen molar-refractivity contribution in [2.75, 3.05) is 31.1 Å². The molecule has 6 heteroatoms. The van der Waals surface area contributed by atoms with E-state index in [1.807, 2.05) is 18.2 Å². The molecule has 0 atom stereocenters. The monoisotopic (exact) mass is 429 g/mol. The molecule has 5 fully saturated rings. The predicted molar refractivity (Wildman–Crippen MR) is 119 cm³/mol. The summed E-state index contributed by atoms with van der Waals surface area (Å²) in [6.45, 7) is 3.39. The summed E-state index contributed by atoms with van der Waals surface area (Å²) in [5.74, 6) is 3.15. The molecule has 4 nitrogen and oxygen atoms in total. The van der Waals surface area contributed by atoms with Crippen molar-refractivity contribution in [3.8, 4) is 0 Å². The minimum absolute atomic E-state index is 0.343. The zero-order chi connectivity index (χ0) is 19.6. The fourth-order valence-corrected chi connectivity index (χ4v) is 8.40. The first-order valence-corrected chi connectivity index (χ1v) is 12.3. The third-order valence-corrected chi connectivity index (χ3v) is 9.25. The third kappa shape index (κ3) is 3.34. The Morgan fingerprint density at radius 3 is 2.38 bits per heavy atom. The number of rotatable bonds is 3. The Hall–Kier alpha value is -1.33. The van der Waals surface area contributed by atoms with Gasteiger partial charge in [-0.05, 0) is 79.9 Å². The molecular weight excluding hydrogens is 402 g/mol. The van der Waals surface area contributed by atoms with Crippen molar-refractivity contribution < 1.29 is 4.79 Å². The summed E-state index contributed by atoms with van der Waals surface area (Å²) in [6, 6.07) is 5.88. The average molecular weight is 430 g/mol. The lowest BCUT2D eigenvalue weighted by molar-refractivity contribution is -0.139. The lowest BCUT2D eigenvalue weighted by Gasteiger charge is -2.57. The van der Waals surface area contributed by atoms with Crippen LogP contribution in [-0.2, 0) is 4.79 Å². The Bertz CT molecular complexity index is 913. The Morgan fingerprint density at radius 2 is 1.72 bits per heavy atom. The Balaban J connectivity index is 1.10. The van der Waals surface area contributed by atoms with Crippen molar-refractivity contribution in [3.63, 3.8) is 0 Å². The fraction of sp³-hybridized carbons (Fsp3) is 0.652. The molecule has 154 valence electrons. The quantitative estimate of drug-likeness (QED) is 0.672. The van der Waals surface area contributed by atoms with Gasteiger partial charge in [-0.3, -0.25) is 4.79 Å². The molecule has 2 aromatic rings. The standard InChI is InChI=1S/C23H28ClN3OS/c24-18-1-2-19-20(10-18)29-22(25-19)27-5-3-26(4-6-27)21(28)14-23-11-15-7-16(12-23)9-17(8-15)13-23/h1-2,10,15-17H,3-9,11-14H2. The van der Waals surface area contributed by atoms with Crippen LogP contribution in [-0.4, -0.2) is 42.0 Å². The van der Waals surface area contributed by atoms with Gasteiger partial charge in [0.05, 0.1) is 10.2 Å². The van der Waals surface area contributed by atoms with Gasteiger partial charge in [-0.15, -0.1) is 0 Å². The van der Waals surface area contributed by atoms with Gasteiger partial charge in [-0.1, -0.05) is 22.9 Å². The first kappa shape index (κ1) is 18.4. The predicted octanol–water partition coefficient (Wildman–Crippen LogP) is 5.20. The second kappa shape index (κ2) is 6.84. The number of anilines is 1. The number of hydrogen-bond donors (Lipinski definition) is 0. The van der Waals surface area contributed by atoms with Crippen LogP contribution in [0.1, 0.15) is 44.9 Å². The van der Waals surface area contributed by atoms with Crippen LogP contribution in [0.25, 0.3) is 10.2 Å². The zero-order valence-corrected chi connectivity index (χ0v) is 18.4. The van der Waals surface area contributed by atoms with Crippen LogP contribution in [0.4, 0.5) is 5.13 Å². The number of benzene rings is 1. The number of thiazole rings is 1. The van der Waals surface area contributed by atoms with Crippen LogP contribution >= 0.6 is 22.9 Å². The Labute approximate surface area is 181 Å². The molecule has 1 aliphatic heterocycles. The third-order valence-electron chi connectivity index (χ3n) is 7.93. The number of fused-ring (bicyclic) bond motifs is 1. The van der Waals surface area contributed by atoms with Crippen molar-refractivity contribution >= 4 is 44.2 Å². The van der Waals surface area contributed by atoms with Crippen LogP contribution in [0, 0.1) is 23.2 Å². The summed E-state index contributed by atoms with van der Waals surface area (Å²) in [7, 11) is 0. The van der Waals surface area contributed by atoms with Crippen LogP contribution in [0.2, 0.25) is 5.02 Å². The molecule has 4 aliphatic carbocycles. The van der Waals surface area contributed by atoms with E-state index in [1.165, 1.54) is 38.5 Å². The second-order valence-corrected chi connectivity index (χ2v) is 11.5. The van der Waals surface area contributed by atoms with Crippen LogP contribution in [0.5, 0.6) is 0 Å². The molecule has 7 rings (SSSR count). The van der Waals surface area contributed by atoms with Crippen molar-refractivity contribution in [1.29, 1.82) is 0 Å². The summed E-state index contributed by atoms with van der Waals surface area (Å²) in [6.07, 6.45) is 9.09. The van der Waals surface area contributed by atoms with Gasteiger partial charge in [-0.25, -0.2) is 4.98 Å². The van der Waals surface area contributed by atoms with Gasteiger partial charge in [0, 0.05) is 37.6 Å². The first-order chi connectivity index (χ1) is 14.1. The molecule has 1 saturated heterocycles. The van der Waals surface area contributed by atoms with Crippen LogP contribution < -0.4 is 4.90 Å². The van der Waals surface area contributed by atoms with Gasteiger partial charge >= 0.3 is 0 Å². The number of aromatic nitrogens is 1. The van der Waals surface area contributed by atoms with Crippen molar-refractivity contribution in [2.24, 2.45) is 23.2 Å². The maximum atomic E-state index is 13.2. The Kier molecular flexibility index (Phi) is 4.35. The van der Waals surface area contributed by atoms with E-state index in [0.717, 1.165) is 70.7 Å². The summed E-state index contributed by atoms with van der Waals surface area (Å²) >= 11 is 7.82. The topological polar surface area (TPSA) is 36.4 Å². The molecule has 1 aromatic heterocycles. The van der Waals surface area contributed by atoms with Crippen molar-refractivity contribution in [1.82, 2.24) is 9.88 Å². The molecule has 29 heavy (non-hydrogen) atoms. The number of hydrogen-bond acceptors (Lipinski definition) is 4. The largest absolute Gasteiger partial charge is 0.345 e. The van der Waals surface area contributed by atoms with E-state index in [4.69, 9.17) is 16.6 Å². The minimum Gasteiger partial charge on any atom is -0.345 e. The molecule has 1 amide bonds. The maximum absolute atomic E-state index is 13.2. The van der Waals surface area contributed by atoms with Gasteiger partial charge in [0.2, 0.25) is 5.91 Å². The maximum Gasteiger partial charge on any atom is 0.223 e. The molecule has 0 radical (unpaired) electrons. The van der Waals surface area contributed by atoms with Gasteiger partial charge in [0.1, 0.15) is 0 Å². The molecule has 0 N–H and O–H groups in total. The molecule has 0 unspecified atom stereocenters. The van der Waals surface area contributed by atoms with Crippen LogP contribution in [0.15, 0.2) is 18.2 Å². The lowest BCUT2D eigenvalue weighted by atomic mass is 9.49. The highest BCUT2D eigenvalue weighted by molar-refractivity contribution is 7.22. The molecule has 2 heterocycles. The highest BCUT2D eigenvalue weighted by atomic mass is 35.5. The average Bonchev–Trinajstić information content (AvgIpc) is 3.10. The second-order valence-electron chi connectivity index (χ2n) is 10.1. The van der Waals surface area contributed by atoms with E-state index in [2.05, 4.69) is 9.80 Å². The number of carbonyl (C=O) groups excluding carboxylic acids is 1. The van der Waals surface area contributed by atoms with Gasteiger partial charge < -0.3 is 9.80 Å². The van der Waals surface area contributed by atoms with E-state index in [0.29, 0.717) is 11.3 Å². The van der Waals surface area contributed by atoms with E-state index in [-0.39, 0.29) is 0 Å². The van der Waals surface area contributed by atoms with Gasteiger partial charge in [0.25, 0.3) is 0 Å². The van der Waals surface area contributed by atoms with Gasteiger partial charge in [0.15, 0.2) is 5.13 Å². The summed E-state index contributed by atoms with van der Waals surface area (Å²) in [4.78, 5) is 22.4. The normalized spacial score (nSPS) is 33.6. The summed E-state index contributed by atoms with van der Waals surface area (Å²) in [5.41, 5.74) is 1.35. The van der Waals surface area contributed by atoms with Crippen LogP contribution in [0.3, 0.4) is 0 Å². The molecule has 1 aromatic carbocycles. The highest BCUT2D eigenvalue weighted by Crippen LogP contribution is 2.61. The number of nitrogens with zero attached hydrogens (tertiary/aromatic N) is 3. The molecule has 4 bridgehead atoms. The van der Waals surface area contributed by atoms with Crippen molar-refractivity contribution in [3.05, 3.63) is 23.2 Å². The summed E-state index contributed by atoms with van der Waals surface area (Å²) in [5, 5.41) is 1.81. The van der Waals surface area contributed by atoms with Crippen molar-refractivity contribution in [2.45, 2.75) is 44.9 Å². The molecule has 0 spiro atoms. The molecular formula is C23H28ClN3OS. The SMILES string of the molecule is O=C(CC12CC3CC(CC(C3)C1)C2)N1CCN(c2nc3ccc(Cl)cc3s2)CC1. The summed E-state index contributed by atoms with van der Waals surface area (Å²) < 4.78 is 1.13. The Morgan fingerprint density at radius 1 is 1.07 bits per heavy atom. The van der Waals surface area contributed by atoms with E-state index >= 15 is 0 Å². The van der Waals surface area contributed by atoms with Gasteiger partial charge in [-0.2, -0.15) is 0 Å². The van der Waals surface area contributed by atoms with E-state index in [1.54, 1.807) is 11.3 Å². The zero-order valence-electron chi connectivity index (χ0n) is 16.8. The highest BCUT2D eigenvalue weighted by Gasteiger charge is 2.51. The molecule has 5 aliphatic rings. The number of carbonyl (C=O) groups is 1. The lowest BCUT2D eigenvalue weighted by Crippen LogP contribution is -2.52. The smallest absolute Gasteiger partial charge is 0.223 e. The fourth-order valence-electron chi connectivity index (χ4n) is 7.11. The minimum atomic E-state index is 0.343. The van der Waals surface area contributed by atoms with E-state index in [9.17, 15) is 4.79 Å².